The van der Waals surface area contributed by atoms with E-state index in [0.717, 1.165) is 6.07 Å². The van der Waals surface area contributed by atoms with Gasteiger partial charge in [-0.05, 0) is 12.1 Å². The Balaban J connectivity index is 3.13. The molecular weight excluding hydrogens is 178 g/mol. The van der Waals surface area contributed by atoms with Crippen LogP contribution in [0.5, 0.6) is 5.75 Å². The predicted molar refractivity (Wildman–Crippen MR) is 43.6 cm³/mol. The molecule has 0 aromatic heterocycles. The molecule has 0 bridgehead atoms. The van der Waals surface area contributed by atoms with Gasteiger partial charge < -0.3 is 9.47 Å². The lowest BCUT2D eigenvalue weighted by Gasteiger charge is -2.07. The number of rotatable bonds is 3. The first kappa shape index (κ1) is 9.92. The first-order valence-electron chi connectivity index (χ1n) is 3.70. The maximum Gasteiger partial charge on any atom is 0.173 e. The van der Waals surface area contributed by atoms with Crippen LogP contribution in [0, 0.1) is 11.6 Å². The molecule has 0 aliphatic carbocycles. The number of hydrogen-bond donors (Lipinski definition) is 0. The van der Waals surface area contributed by atoms with Crippen LogP contribution < -0.4 is 4.74 Å². The van der Waals surface area contributed by atoms with E-state index in [1.165, 1.54) is 20.3 Å². The van der Waals surface area contributed by atoms with Crippen molar-refractivity contribution in [2.45, 2.75) is 6.61 Å². The summed E-state index contributed by atoms with van der Waals surface area (Å²) in [6.45, 7) is -0.102. The van der Waals surface area contributed by atoms with E-state index in [2.05, 4.69) is 9.47 Å². The summed E-state index contributed by atoms with van der Waals surface area (Å²) >= 11 is 0. The predicted octanol–water partition coefficient (Wildman–Crippen LogP) is 2.12. The van der Waals surface area contributed by atoms with Crippen LogP contribution in [0.4, 0.5) is 8.78 Å². The van der Waals surface area contributed by atoms with Gasteiger partial charge in [-0.15, -0.1) is 0 Å². The fourth-order valence-electron chi connectivity index (χ4n) is 1.01. The Hall–Kier alpha value is -1.16. The topological polar surface area (TPSA) is 18.5 Å². The molecule has 1 rings (SSSR count). The largest absolute Gasteiger partial charge is 0.494 e. The molecule has 0 saturated heterocycles. The Bertz CT molecular complexity index is 300. The minimum Gasteiger partial charge on any atom is -0.494 e. The maximum absolute atomic E-state index is 13.3. The lowest BCUT2D eigenvalue weighted by Crippen LogP contribution is -2.00. The Morgan fingerprint density at radius 1 is 1.23 bits per heavy atom. The molecule has 0 fully saturated rings. The highest BCUT2D eigenvalue weighted by Gasteiger charge is 2.13. The SMILES string of the molecule is COCc1c(F)ccc(OC)c1F. The van der Waals surface area contributed by atoms with Gasteiger partial charge in [-0.2, -0.15) is 0 Å². The van der Waals surface area contributed by atoms with E-state index in [0.29, 0.717) is 0 Å². The molecule has 13 heavy (non-hydrogen) atoms. The number of benzene rings is 1. The molecule has 0 atom stereocenters. The standard InChI is InChI=1S/C9H10F2O2/c1-12-5-6-7(10)3-4-8(13-2)9(6)11/h3-4H,5H2,1-2H3. The molecule has 0 aliphatic heterocycles. The highest BCUT2D eigenvalue weighted by Crippen LogP contribution is 2.23. The normalized spacial score (nSPS) is 10.2. The van der Waals surface area contributed by atoms with Crippen LogP contribution in [0.1, 0.15) is 5.56 Å². The summed E-state index contributed by atoms with van der Waals surface area (Å²) in [5, 5.41) is 0. The van der Waals surface area contributed by atoms with Gasteiger partial charge in [-0.1, -0.05) is 0 Å². The van der Waals surface area contributed by atoms with Crippen LogP contribution in [0.25, 0.3) is 0 Å². The summed E-state index contributed by atoms with van der Waals surface area (Å²) in [7, 11) is 2.70. The molecule has 0 unspecified atom stereocenters. The monoisotopic (exact) mass is 188 g/mol. The van der Waals surface area contributed by atoms with Gasteiger partial charge in [0.2, 0.25) is 0 Å². The number of halogens is 2. The number of methoxy groups -OCH3 is 2. The molecule has 2 nitrogen and oxygen atoms in total. The van der Waals surface area contributed by atoms with Crippen LogP contribution in [-0.2, 0) is 11.3 Å². The van der Waals surface area contributed by atoms with Gasteiger partial charge in [0.1, 0.15) is 5.82 Å². The summed E-state index contributed by atoms with van der Waals surface area (Å²) in [4.78, 5) is 0. The summed E-state index contributed by atoms with van der Waals surface area (Å²) in [5.41, 5.74) is -0.109. The van der Waals surface area contributed by atoms with Gasteiger partial charge in [0, 0.05) is 7.11 Å². The van der Waals surface area contributed by atoms with E-state index in [4.69, 9.17) is 0 Å². The van der Waals surface area contributed by atoms with Crippen molar-refractivity contribution in [1.29, 1.82) is 0 Å². The molecule has 0 heterocycles. The molecule has 0 radical (unpaired) electrons. The molecule has 0 aliphatic rings. The second kappa shape index (κ2) is 4.18. The van der Waals surface area contributed by atoms with Crippen molar-refractivity contribution in [3.63, 3.8) is 0 Å². The molecule has 1 aromatic rings. The van der Waals surface area contributed by atoms with E-state index in [9.17, 15) is 8.78 Å². The zero-order valence-electron chi connectivity index (χ0n) is 7.43. The third kappa shape index (κ3) is 1.95. The summed E-state index contributed by atoms with van der Waals surface area (Å²) in [6.07, 6.45) is 0. The smallest absolute Gasteiger partial charge is 0.173 e. The second-order valence-corrected chi connectivity index (χ2v) is 2.48. The zero-order valence-corrected chi connectivity index (χ0v) is 7.43. The lowest BCUT2D eigenvalue weighted by atomic mass is 10.2. The summed E-state index contributed by atoms with van der Waals surface area (Å²) in [5.74, 6) is -1.31. The van der Waals surface area contributed by atoms with Crippen molar-refractivity contribution in [2.75, 3.05) is 14.2 Å². The van der Waals surface area contributed by atoms with Crippen LogP contribution >= 0.6 is 0 Å². The third-order valence-electron chi connectivity index (χ3n) is 1.66. The van der Waals surface area contributed by atoms with Crippen LogP contribution in [-0.4, -0.2) is 14.2 Å². The Kier molecular flexibility index (Phi) is 3.19. The van der Waals surface area contributed by atoms with E-state index in [1.54, 1.807) is 0 Å². The fraction of sp³-hybridized carbons (Fsp3) is 0.333. The minimum atomic E-state index is -0.704. The Morgan fingerprint density at radius 2 is 1.92 bits per heavy atom. The molecule has 72 valence electrons. The molecule has 4 heteroatoms. The third-order valence-corrected chi connectivity index (χ3v) is 1.66. The molecular formula is C9H10F2O2. The zero-order chi connectivity index (χ0) is 9.84. The number of hydrogen-bond acceptors (Lipinski definition) is 2. The quantitative estimate of drug-likeness (QED) is 0.723. The Morgan fingerprint density at radius 3 is 2.46 bits per heavy atom. The van der Waals surface area contributed by atoms with E-state index in [1.807, 2.05) is 0 Å². The van der Waals surface area contributed by atoms with Crippen LogP contribution in [0.2, 0.25) is 0 Å². The maximum atomic E-state index is 13.3. The van der Waals surface area contributed by atoms with Crippen molar-refractivity contribution in [3.05, 3.63) is 29.3 Å². The average molecular weight is 188 g/mol. The van der Waals surface area contributed by atoms with E-state index in [-0.39, 0.29) is 17.9 Å². The fourth-order valence-corrected chi connectivity index (χ4v) is 1.01. The molecule has 0 saturated carbocycles. The van der Waals surface area contributed by atoms with Crippen molar-refractivity contribution in [2.24, 2.45) is 0 Å². The van der Waals surface area contributed by atoms with Crippen LogP contribution in [0.15, 0.2) is 12.1 Å². The molecule has 0 N–H and O–H groups in total. The number of ether oxygens (including phenoxy) is 2. The average Bonchev–Trinajstić information content (AvgIpc) is 2.12. The van der Waals surface area contributed by atoms with Gasteiger partial charge >= 0.3 is 0 Å². The minimum absolute atomic E-state index is 0.0217. The Labute approximate surface area is 75.1 Å². The van der Waals surface area contributed by atoms with E-state index < -0.39 is 11.6 Å². The van der Waals surface area contributed by atoms with E-state index >= 15 is 0 Å². The van der Waals surface area contributed by atoms with Gasteiger partial charge in [-0.25, -0.2) is 8.78 Å². The van der Waals surface area contributed by atoms with Crippen molar-refractivity contribution in [3.8, 4) is 5.75 Å². The molecule has 0 spiro atoms. The van der Waals surface area contributed by atoms with Gasteiger partial charge in [-0.3, -0.25) is 0 Å². The second-order valence-electron chi connectivity index (χ2n) is 2.48. The van der Waals surface area contributed by atoms with Gasteiger partial charge in [0.25, 0.3) is 0 Å². The summed E-state index contributed by atoms with van der Waals surface area (Å²) < 4.78 is 35.6. The lowest BCUT2D eigenvalue weighted by molar-refractivity contribution is 0.176. The molecule has 1 aromatic carbocycles. The molecule has 0 amide bonds. The summed E-state index contributed by atoms with van der Waals surface area (Å²) in [6, 6.07) is 2.39. The first-order chi connectivity index (χ1) is 6.20. The van der Waals surface area contributed by atoms with Gasteiger partial charge in [0.15, 0.2) is 11.6 Å². The van der Waals surface area contributed by atoms with Crippen molar-refractivity contribution < 1.29 is 18.3 Å². The van der Waals surface area contributed by atoms with Gasteiger partial charge in [0.05, 0.1) is 19.3 Å². The highest BCUT2D eigenvalue weighted by molar-refractivity contribution is 5.31. The van der Waals surface area contributed by atoms with Crippen molar-refractivity contribution >= 4 is 0 Å². The van der Waals surface area contributed by atoms with Crippen molar-refractivity contribution in [1.82, 2.24) is 0 Å². The highest BCUT2D eigenvalue weighted by atomic mass is 19.1. The first-order valence-corrected chi connectivity index (χ1v) is 3.70. The van der Waals surface area contributed by atoms with Crippen LogP contribution in [0.3, 0.4) is 0 Å².